The monoisotopic (exact) mass is 283 g/mol. The number of rotatable bonds is 5. The maximum atomic E-state index is 11.7. The zero-order chi connectivity index (χ0) is 14.7. The highest BCUT2D eigenvalue weighted by Gasteiger charge is 2.13. The van der Waals surface area contributed by atoms with Gasteiger partial charge in [-0.25, -0.2) is 0 Å². The zero-order valence-corrected chi connectivity index (χ0v) is 12.4. The Labute approximate surface area is 124 Å². The fourth-order valence-electron chi connectivity index (χ4n) is 2.81. The minimum Gasteiger partial charge on any atom is -0.384 e. The van der Waals surface area contributed by atoms with Crippen molar-refractivity contribution in [1.82, 2.24) is 4.57 Å². The van der Waals surface area contributed by atoms with E-state index >= 15 is 0 Å². The molecular weight excluding hydrogens is 262 g/mol. The van der Waals surface area contributed by atoms with Crippen molar-refractivity contribution in [2.75, 3.05) is 17.2 Å². The van der Waals surface area contributed by atoms with Crippen LogP contribution in [0.5, 0.6) is 0 Å². The summed E-state index contributed by atoms with van der Waals surface area (Å²) < 4.78 is 1.76. The van der Waals surface area contributed by atoms with Crippen molar-refractivity contribution in [2.45, 2.75) is 32.9 Å². The SMILES string of the molecule is CCCn1cc(NCc2cccc3c2NCC3)ccc1=O. The van der Waals surface area contributed by atoms with Crippen LogP contribution in [0.1, 0.15) is 24.5 Å². The summed E-state index contributed by atoms with van der Waals surface area (Å²) in [7, 11) is 0. The normalized spacial score (nSPS) is 12.8. The lowest BCUT2D eigenvalue weighted by atomic mass is 10.1. The molecule has 2 aromatic rings. The third-order valence-corrected chi connectivity index (χ3v) is 3.86. The summed E-state index contributed by atoms with van der Waals surface area (Å²) in [6, 6.07) is 9.92. The smallest absolute Gasteiger partial charge is 0.250 e. The van der Waals surface area contributed by atoms with Gasteiger partial charge in [0.1, 0.15) is 0 Å². The van der Waals surface area contributed by atoms with Crippen molar-refractivity contribution < 1.29 is 0 Å². The van der Waals surface area contributed by atoms with E-state index in [4.69, 9.17) is 0 Å². The Balaban J connectivity index is 1.75. The molecule has 0 radical (unpaired) electrons. The molecule has 0 saturated heterocycles. The minimum atomic E-state index is 0.0599. The predicted octanol–water partition coefficient (Wildman–Crippen LogP) is 2.84. The molecule has 0 amide bonds. The average molecular weight is 283 g/mol. The number of aromatic nitrogens is 1. The fraction of sp³-hybridized carbons (Fsp3) is 0.353. The van der Waals surface area contributed by atoms with Gasteiger partial charge in [0, 0.05) is 37.6 Å². The van der Waals surface area contributed by atoms with Gasteiger partial charge in [0.25, 0.3) is 5.56 Å². The van der Waals surface area contributed by atoms with Gasteiger partial charge in [0.05, 0.1) is 5.69 Å². The van der Waals surface area contributed by atoms with Crippen molar-refractivity contribution in [3.8, 4) is 0 Å². The zero-order valence-electron chi connectivity index (χ0n) is 12.4. The molecule has 0 spiro atoms. The second-order valence-corrected chi connectivity index (χ2v) is 5.43. The summed E-state index contributed by atoms with van der Waals surface area (Å²) in [5.41, 5.74) is 4.98. The first-order valence-electron chi connectivity index (χ1n) is 7.57. The van der Waals surface area contributed by atoms with Crippen LogP contribution < -0.4 is 16.2 Å². The molecule has 4 nitrogen and oxygen atoms in total. The Morgan fingerprint density at radius 1 is 1.29 bits per heavy atom. The molecule has 2 heterocycles. The Bertz CT molecular complexity index is 691. The molecule has 0 bridgehead atoms. The van der Waals surface area contributed by atoms with E-state index in [9.17, 15) is 4.79 Å². The van der Waals surface area contributed by atoms with Gasteiger partial charge in [-0.05, 0) is 30.0 Å². The number of aryl methyl sites for hydroxylation is 1. The number of anilines is 2. The van der Waals surface area contributed by atoms with Crippen LogP contribution in [-0.2, 0) is 19.5 Å². The molecule has 1 aromatic heterocycles. The minimum absolute atomic E-state index is 0.0599. The number of pyridine rings is 1. The Hall–Kier alpha value is -2.23. The van der Waals surface area contributed by atoms with E-state index in [0.717, 1.165) is 38.2 Å². The van der Waals surface area contributed by atoms with E-state index in [1.807, 2.05) is 12.3 Å². The lowest BCUT2D eigenvalue weighted by Gasteiger charge is -2.12. The molecule has 1 aliphatic rings. The predicted molar refractivity (Wildman–Crippen MR) is 87.0 cm³/mol. The fourth-order valence-corrected chi connectivity index (χ4v) is 2.81. The molecule has 0 atom stereocenters. The molecule has 110 valence electrons. The van der Waals surface area contributed by atoms with Crippen LogP contribution in [0.4, 0.5) is 11.4 Å². The van der Waals surface area contributed by atoms with Gasteiger partial charge in [-0.1, -0.05) is 25.1 Å². The standard InChI is InChI=1S/C17H21N3O/c1-2-10-20-12-15(6-7-16(20)21)19-11-14-5-3-4-13-8-9-18-17(13)14/h3-7,12,18-19H,2,8-11H2,1H3. The molecule has 1 aliphatic heterocycles. The van der Waals surface area contributed by atoms with Crippen LogP contribution in [0.3, 0.4) is 0 Å². The summed E-state index contributed by atoms with van der Waals surface area (Å²) in [4.78, 5) is 11.7. The van der Waals surface area contributed by atoms with E-state index in [2.05, 4.69) is 35.8 Å². The summed E-state index contributed by atoms with van der Waals surface area (Å²) >= 11 is 0. The molecule has 0 saturated carbocycles. The second kappa shape index (κ2) is 6.04. The van der Waals surface area contributed by atoms with E-state index in [-0.39, 0.29) is 5.56 Å². The number of para-hydroxylation sites is 1. The number of nitrogens with one attached hydrogen (secondary N) is 2. The van der Waals surface area contributed by atoms with E-state index < -0.39 is 0 Å². The van der Waals surface area contributed by atoms with Crippen molar-refractivity contribution in [2.24, 2.45) is 0 Å². The summed E-state index contributed by atoms with van der Waals surface area (Å²) in [5.74, 6) is 0. The molecule has 0 unspecified atom stereocenters. The number of benzene rings is 1. The number of nitrogens with zero attached hydrogens (tertiary/aromatic N) is 1. The Kier molecular flexibility index (Phi) is 3.95. The largest absolute Gasteiger partial charge is 0.384 e. The van der Waals surface area contributed by atoms with Crippen molar-refractivity contribution in [1.29, 1.82) is 0 Å². The van der Waals surface area contributed by atoms with Crippen LogP contribution in [0.25, 0.3) is 0 Å². The van der Waals surface area contributed by atoms with Crippen molar-refractivity contribution >= 4 is 11.4 Å². The summed E-state index contributed by atoms with van der Waals surface area (Å²) in [6.45, 7) is 4.62. The van der Waals surface area contributed by atoms with Crippen LogP contribution in [0.2, 0.25) is 0 Å². The Morgan fingerprint density at radius 2 is 2.19 bits per heavy atom. The first-order chi connectivity index (χ1) is 10.3. The molecule has 4 heteroatoms. The van der Waals surface area contributed by atoms with E-state index in [1.165, 1.54) is 16.8 Å². The van der Waals surface area contributed by atoms with E-state index in [1.54, 1.807) is 10.6 Å². The van der Waals surface area contributed by atoms with Gasteiger partial charge in [0.15, 0.2) is 0 Å². The molecule has 0 fully saturated rings. The highest BCUT2D eigenvalue weighted by Crippen LogP contribution is 2.26. The summed E-state index contributed by atoms with van der Waals surface area (Å²) in [5, 5.41) is 6.87. The van der Waals surface area contributed by atoms with Crippen LogP contribution in [-0.4, -0.2) is 11.1 Å². The van der Waals surface area contributed by atoms with Crippen LogP contribution in [0, 0.1) is 0 Å². The maximum absolute atomic E-state index is 11.7. The second-order valence-electron chi connectivity index (χ2n) is 5.43. The van der Waals surface area contributed by atoms with Crippen molar-refractivity contribution in [3.63, 3.8) is 0 Å². The van der Waals surface area contributed by atoms with Gasteiger partial charge >= 0.3 is 0 Å². The first kappa shape index (κ1) is 13.7. The Morgan fingerprint density at radius 3 is 3.05 bits per heavy atom. The third-order valence-electron chi connectivity index (χ3n) is 3.86. The molecular formula is C17H21N3O. The lowest BCUT2D eigenvalue weighted by Crippen LogP contribution is -2.18. The first-order valence-corrected chi connectivity index (χ1v) is 7.57. The average Bonchev–Trinajstić information content (AvgIpc) is 2.97. The highest BCUT2D eigenvalue weighted by atomic mass is 16.1. The number of hydrogen-bond donors (Lipinski definition) is 2. The van der Waals surface area contributed by atoms with Crippen molar-refractivity contribution in [3.05, 3.63) is 58.0 Å². The van der Waals surface area contributed by atoms with Crippen LogP contribution in [0.15, 0.2) is 41.3 Å². The van der Waals surface area contributed by atoms with Gasteiger partial charge < -0.3 is 15.2 Å². The van der Waals surface area contributed by atoms with Crippen LogP contribution >= 0.6 is 0 Å². The molecule has 1 aromatic carbocycles. The van der Waals surface area contributed by atoms with Gasteiger partial charge in [0.2, 0.25) is 0 Å². The van der Waals surface area contributed by atoms with Gasteiger partial charge in [-0.2, -0.15) is 0 Å². The highest BCUT2D eigenvalue weighted by molar-refractivity contribution is 5.62. The van der Waals surface area contributed by atoms with Gasteiger partial charge in [-0.15, -0.1) is 0 Å². The lowest BCUT2D eigenvalue weighted by molar-refractivity contribution is 0.655. The molecule has 3 rings (SSSR count). The number of hydrogen-bond acceptors (Lipinski definition) is 3. The molecule has 2 N–H and O–H groups in total. The quantitative estimate of drug-likeness (QED) is 0.887. The van der Waals surface area contributed by atoms with Gasteiger partial charge in [-0.3, -0.25) is 4.79 Å². The molecule has 21 heavy (non-hydrogen) atoms. The molecule has 0 aliphatic carbocycles. The number of fused-ring (bicyclic) bond motifs is 1. The van der Waals surface area contributed by atoms with E-state index in [0.29, 0.717) is 0 Å². The topological polar surface area (TPSA) is 46.1 Å². The summed E-state index contributed by atoms with van der Waals surface area (Å²) in [6.07, 6.45) is 3.96. The maximum Gasteiger partial charge on any atom is 0.250 e. The third kappa shape index (κ3) is 2.94.